The highest BCUT2D eigenvalue weighted by atomic mass is 35.5. The fourth-order valence-electron chi connectivity index (χ4n) is 6.89. The van der Waals surface area contributed by atoms with Crippen molar-refractivity contribution in [1.82, 2.24) is 19.6 Å². The lowest BCUT2D eigenvalue weighted by Gasteiger charge is -2.20. The van der Waals surface area contributed by atoms with Crippen molar-refractivity contribution < 1.29 is 18.0 Å². The van der Waals surface area contributed by atoms with Crippen LogP contribution in [-0.2, 0) is 23.8 Å². The van der Waals surface area contributed by atoms with Crippen LogP contribution in [0.15, 0.2) is 70.7 Å². The van der Waals surface area contributed by atoms with Crippen molar-refractivity contribution in [3.05, 3.63) is 104 Å². The van der Waals surface area contributed by atoms with Gasteiger partial charge in [0.25, 0.3) is 5.56 Å². The number of Topliss-reactive ketones (excluding diaryl/α,β-unsaturated/α-hetero) is 1. The second-order valence-electron chi connectivity index (χ2n) is 11.7. The Hall–Kier alpha value is -4.31. The number of aryl methyl sites for hydroxylation is 1. The second-order valence-corrected chi connectivity index (χ2v) is 12.1. The number of halogens is 4. The molecule has 4 aromatic rings. The summed E-state index contributed by atoms with van der Waals surface area (Å²) >= 11 is 6.30. The summed E-state index contributed by atoms with van der Waals surface area (Å²) in [6, 6.07) is 14.3. The van der Waals surface area contributed by atoms with Gasteiger partial charge in [0.1, 0.15) is 5.78 Å². The molecule has 4 aliphatic rings. The number of pyridine rings is 1. The summed E-state index contributed by atoms with van der Waals surface area (Å²) in [6.45, 7) is 0. The van der Waals surface area contributed by atoms with Crippen molar-refractivity contribution in [2.24, 2.45) is 10.9 Å². The summed E-state index contributed by atoms with van der Waals surface area (Å²) < 4.78 is 42.5. The number of benzene rings is 2. The van der Waals surface area contributed by atoms with Gasteiger partial charge in [-0.15, -0.1) is 5.10 Å². The van der Waals surface area contributed by atoms with Gasteiger partial charge in [0.15, 0.2) is 5.69 Å². The Morgan fingerprint density at radius 2 is 1.79 bits per heavy atom. The zero-order chi connectivity index (χ0) is 29.6. The second kappa shape index (κ2) is 9.34. The molecule has 0 N–H and O–H groups in total. The molecule has 0 spiro atoms. The van der Waals surface area contributed by atoms with Crippen molar-refractivity contribution >= 4 is 28.7 Å². The number of alkyl halides is 3. The van der Waals surface area contributed by atoms with E-state index < -0.39 is 11.9 Å². The normalized spacial score (nSPS) is 22.1. The molecule has 0 saturated heterocycles. The molecule has 7 nitrogen and oxygen atoms in total. The lowest BCUT2D eigenvalue weighted by Crippen LogP contribution is -2.29. The number of nitrogens with zero attached hydrogens (tertiary/aromatic N) is 5. The van der Waals surface area contributed by atoms with Crippen LogP contribution in [-0.4, -0.2) is 31.1 Å². The predicted octanol–water partition coefficient (Wildman–Crippen LogP) is 6.37. The summed E-state index contributed by atoms with van der Waals surface area (Å²) in [4.78, 5) is 30.3. The maximum Gasteiger partial charge on any atom is 0.436 e. The minimum absolute atomic E-state index is 0.144. The highest BCUT2D eigenvalue weighted by molar-refractivity contribution is 6.31. The van der Waals surface area contributed by atoms with E-state index in [1.165, 1.54) is 11.6 Å². The van der Waals surface area contributed by atoms with Gasteiger partial charge in [-0.2, -0.15) is 13.2 Å². The van der Waals surface area contributed by atoms with E-state index in [-0.39, 0.29) is 29.2 Å². The number of carbonyl (C=O) groups is 1. The van der Waals surface area contributed by atoms with Crippen molar-refractivity contribution in [3.63, 3.8) is 0 Å². The molecule has 216 valence electrons. The molecule has 0 bridgehead atoms. The van der Waals surface area contributed by atoms with E-state index in [1.54, 1.807) is 18.2 Å². The number of fused-ring (bicyclic) bond motifs is 4. The van der Waals surface area contributed by atoms with E-state index in [4.69, 9.17) is 16.6 Å². The van der Waals surface area contributed by atoms with E-state index in [0.29, 0.717) is 41.1 Å². The highest BCUT2D eigenvalue weighted by Gasteiger charge is 2.54. The molecule has 0 radical (unpaired) electrons. The summed E-state index contributed by atoms with van der Waals surface area (Å²) in [6.07, 6.45) is 1.50. The largest absolute Gasteiger partial charge is 0.436 e. The molecule has 3 atom stereocenters. The van der Waals surface area contributed by atoms with Gasteiger partial charge in [-0.05, 0) is 70.9 Å². The number of carbonyl (C=O) groups excluding carboxylic acids is 1. The number of aromatic nitrogens is 4. The fraction of sp³-hybridized carbons (Fsp3) is 0.281. The first-order valence-electron chi connectivity index (χ1n) is 14.1. The van der Waals surface area contributed by atoms with Crippen LogP contribution in [0.3, 0.4) is 0 Å². The van der Waals surface area contributed by atoms with E-state index in [0.717, 1.165) is 51.8 Å². The third-order valence-corrected chi connectivity index (χ3v) is 9.27. The molecule has 1 fully saturated rings. The van der Waals surface area contributed by atoms with E-state index >= 15 is 0 Å². The summed E-state index contributed by atoms with van der Waals surface area (Å²) in [5.41, 5.74) is 6.43. The first-order chi connectivity index (χ1) is 20.6. The average molecular weight is 602 g/mol. The molecule has 8 rings (SSSR count). The molecule has 0 amide bonds. The molecule has 2 aliphatic carbocycles. The molecular weight excluding hydrogens is 579 g/mol. The smallest absolute Gasteiger partial charge is 0.303 e. The summed E-state index contributed by atoms with van der Waals surface area (Å²) in [5.74, 6) is 0.753. The number of rotatable bonds is 4. The Balaban J connectivity index is 1.11. The molecular formula is C32H23ClF3N5O2. The van der Waals surface area contributed by atoms with Crippen LogP contribution in [0.5, 0.6) is 0 Å². The number of hydrogen-bond donors (Lipinski definition) is 0. The van der Waals surface area contributed by atoms with Crippen LogP contribution in [0.1, 0.15) is 59.3 Å². The minimum Gasteiger partial charge on any atom is -0.303 e. The Morgan fingerprint density at radius 1 is 0.930 bits per heavy atom. The van der Waals surface area contributed by atoms with Crippen LogP contribution >= 0.6 is 11.6 Å². The molecule has 2 aromatic carbocycles. The zero-order valence-corrected chi connectivity index (χ0v) is 23.4. The van der Waals surface area contributed by atoms with E-state index in [1.807, 2.05) is 22.9 Å². The van der Waals surface area contributed by atoms with Crippen LogP contribution in [0.4, 0.5) is 13.2 Å². The zero-order valence-electron chi connectivity index (χ0n) is 22.6. The first kappa shape index (κ1) is 26.3. The maximum atomic E-state index is 13.7. The van der Waals surface area contributed by atoms with Crippen molar-refractivity contribution in [2.75, 3.05) is 0 Å². The molecule has 0 unspecified atom stereocenters. The van der Waals surface area contributed by atoms with E-state index in [9.17, 15) is 22.8 Å². The topological polar surface area (TPSA) is 82.1 Å². The van der Waals surface area contributed by atoms with Gasteiger partial charge in [0, 0.05) is 59.4 Å². The number of ketones is 1. The molecule has 43 heavy (non-hydrogen) atoms. The predicted molar refractivity (Wildman–Crippen MR) is 154 cm³/mol. The molecule has 11 heteroatoms. The number of hydrogen-bond acceptors (Lipinski definition) is 5. The third kappa shape index (κ3) is 4.38. The lowest BCUT2D eigenvalue weighted by molar-refractivity contribution is -0.141. The first-order valence-corrected chi connectivity index (χ1v) is 14.5. The van der Waals surface area contributed by atoms with Gasteiger partial charge in [0.2, 0.25) is 0 Å². The third-order valence-electron chi connectivity index (χ3n) is 9.04. The molecule has 2 aliphatic heterocycles. The Labute approximate surface area is 248 Å². The monoisotopic (exact) mass is 601 g/mol. The highest BCUT2D eigenvalue weighted by Crippen LogP contribution is 2.60. The molecule has 4 heterocycles. The number of allylic oxidation sites excluding steroid dienone is 1. The Morgan fingerprint density at radius 3 is 2.60 bits per heavy atom. The Bertz CT molecular complexity index is 1990. The Kier molecular flexibility index (Phi) is 5.72. The maximum absolute atomic E-state index is 13.7. The van der Waals surface area contributed by atoms with Gasteiger partial charge < -0.3 is 4.57 Å². The van der Waals surface area contributed by atoms with Crippen LogP contribution < -0.4 is 5.56 Å². The summed E-state index contributed by atoms with van der Waals surface area (Å²) in [5, 5.41) is 7.35. The van der Waals surface area contributed by atoms with Gasteiger partial charge in [-0.25, -0.2) is 4.68 Å². The standard InChI is InChI=1S/C32H23ClF3N5O2/c33-21-4-6-27(40-15-29(38-39-40)32(34,35)36)23(12-21)19-10-28-24-13-25(24)31(41(28)30(43)11-19)26-9-20(14-37-26)17-1-2-18-8-22(42)5-3-16(18)7-17/h1-2,4,6-7,10-12,14-15,24-25,31H,3,5,8-9,13H2/t24-,25+,31+/m1/s1. The van der Waals surface area contributed by atoms with Gasteiger partial charge in [0.05, 0.1) is 17.9 Å². The van der Waals surface area contributed by atoms with Crippen molar-refractivity contribution in [1.29, 1.82) is 0 Å². The van der Waals surface area contributed by atoms with E-state index in [2.05, 4.69) is 22.4 Å². The van der Waals surface area contributed by atoms with Gasteiger partial charge in [-0.1, -0.05) is 35.0 Å². The van der Waals surface area contributed by atoms with Crippen LogP contribution in [0.25, 0.3) is 22.4 Å². The number of aliphatic imine (C=N–C) groups is 1. The SMILES string of the molecule is O=C1CCc2cc(C3=CN=C([C@@H]4[C@H]5C[C@H]5c5cc(-c6cc(Cl)ccc6-n6cc(C(F)(F)F)nn6)cc(=O)n54)C3)ccc2C1. The molecule has 1 saturated carbocycles. The van der Waals surface area contributed by atoms with Crippen molar-refractivity contribution in [3.8, 4) is 16.8 Å². The quantitative estimate of drug-likeness (QED) is 0.272. The van der Waals surface area contributed by atoms with Gasteiger partial charge >= 0.3 is 6.18 Å². The summed E-state index contributed by atoms with van der Waals surface area (Å²) in [7, 11) is 0. The average Bonchev–Trinajstić information content (AvgIpc) is 3.30. The fourth-order valence-corrected chi connectivity index (χ4v) is 7.06. The van der Waals surface area contributed by atoms with Crippen molar-refractivity contribution in [2.45, 2.75) is 50.2 Å². The molecule has 2 aromatic heterocycles. The van der Waals surface area contributed by atoms with Crippen LogP contribution in [0, 0.1) is 5.92 Å². The minimum atomic E-state index is -4.63. The lowest BCUT2D eigenvalue weighted by atomic mass is 9.87. The van der Waals surface area contributed by atoms with Gasteiger partial charge in [-0.3, -0.25) is 14.6 Å². The van der Waals surface area contributed by atoms with Crippen LogP contribution in [0.2, 0.25) is 5.02 Å².